The maximum Gasteiger partial charge on any atom is 0.363 e. The summed E-state index contributed by atoms with van der Waals surface area (Å²) in [6.45, 7) is 9.09. The summed E-state index contributed by atoms with van der Waals surface area (Å²) in [6.07, 6.45) is 2.03. The number of carbonyl (C=O) groups excluding carboxylic acids is 1. The number of hydrogen-bond donors (Lipinski definition) is 0. The Morgan fingerprint density at radius 3 is 2.42 bits per heavy atom. The highest BCUT2D eigenvalue weighted by Crippen LogP contribution is 2.34. The Hall–Kier alpha value is -2.52. The van der Waals surface area contributed by atoms with Gasteiger partial charge in [0.2, 0.25) is 5.91 Å². The fraction of sp³-hybridized carbons (Fsp3) is 0.636. The average Bonchev–Trinajstić information content (AvgIpc) is 3.16. The van der Waals surface area contributed by atoms with E-state index in [9.17, 15) is 9.59 Å². The Morgan fingerprint density at radius 1 is 1.19 bits per heavy atom. The van der Waals surface area contributed by atoms with Crippen molar-refractivity contribution in [3.63, 3.8) is 0 Å². The van der Waals surface area contributed by atoms with Crippen molar-refractivity contribution in [1.29, 1.82) is 0 Å². The van der Waals surface area contributed by atoms with Gasteiger partial charge in [-0.3, -0.25) is 4.79 Å². The predicted molar refractivity (Wildman–Crippen MR) is 119 cm³/mol. The molecule has 9 heteroatoms. The molecule has 2 aromatic rings. The zero-order chi connectivity index (χ0) is 22.4. The second-order valence-electron chi connectivity index (χ2n) is 8.25. The Labute approximate surface area is 183 Å². The molecular weight excluding hydrogens is 396 g/mol. The van der Waals surface area contributed by atoms with Crippen molar-refractivity contribution in [3.8, 4) is 0 Å². The summed E-state index contributed by atoms with van der Waals surface area (Å²) in [7, 11) is 1.69. The molecule has 1 atom stereocenters. The van der Waals surface area contributed by atoms with Crippen LogP contribution in [0.2, 0.25) is 0 Å². The lowest BCUT2D eigenvalue weighted by Gasteiger charge is -2.48. The summed E-state index contributed by atoms with van der Waals surface area (Å²) < 4.78 is 8.44. The number of aromatic nitrogens is 4. The summed E-state index contributed by atoms with van der Waals surface area (Å²) in [4.78, 5) is 29.6. The van der Waals surface area contributed by atoms with E-state index in [1.807, 2.05) is 56.0 Å². The largest absolute Gasteiger partial charge is 0.382 e. The first-order chi connectivity index (χ1) is 15.0. The number of likely N-dealkylation sites (tertiary alicyclic amines) is 1. The number of nitrogens with zero attached hydrogens (tertiary/aromatic N) is 6. The second kappa shape index (κ2) is 10.2. The minimum atomic E-state index is -0.384. The predicted octanol–water partition coefficient (Wildman–Crippen LogP) is 1.94. The quantitative estimate of drug-likeness (QED) is 0.604. The molecule has 0 N–H and O–H groups in total. The molecule has 1 saturated heterocycles. The fourth-order valence-corrected chi connectivity index (χ4v) is 4.48. The van der Waals surface area contributed by atoms with E-state index in [0.29, 0.717) is 26.1 Å². The highest BCUT2D eigenvalue weighted by molar-refractivity contribution is 5.94. The van der Waals surface area contributed by atoms with E-state index >= 15 is 0 Å². The van der Waals surface area contributed by atoms with Crippen LogP contribution in [-0.2, 0) is 16.1 Å². The number of hydrogen-bond acceptors (Lipinski definition) is 6. The Morgan fingerprint density at radius 2 is 1.87 bits per heavy atom. The molecule has 31 heavy (non-hydrogen) atoms. The lowest BCUT2D eigenvalue weighted by molar-refractivity contribution is -0.120. The zero-order valence-corrected chi connectivity index (χ0v) is 19.0. The van der Waals surface area contributed by atoms with E-state index < -0.39 is 0 Å². The van der Waals surface area contributed by atoms with Crippen LogP contribution in [0, 0.1) is 0 Å². The van der Waals surface area contributed by atoms with E-state index in [-0.39, 0.29) is 23.2 Å². The van der Waals surface area contributed by atoms with E-state index in [4.69, 9.17) is 4.74 Å². The van der Waals surface area contributed by atoms with E-state index in [0.717, 1.165) is 31.6 Å². The topological polar surface area (TPSA) is 85.5 Å². The monoisotopic (exact) mass is 430 g/mol. The van der Waals surface area contributed by atoms with Crippen LogP contribution >= 0.6 is 0 Å². The van der Waals surface area contributed by atoms with Crippen LogP contribution in [0.3, 0.4) is 0 Å². The number of para-hydroxylation sites is 1. The van der Waals surface area contributed by atoms with Crippen LogP contribution < -0.4 is 10.6 Å². The van der Waals surface area contributed by atoms with Crippen molar-refractivity contribution in [2.75, 3.05) is 38.3 Å². The highest BCUT2D eigenvalue weighted by Gasteiger charge is 2.43. The van der Waals surface area contributed by atoms with Crippen LogP contribution in [0.15, 0.2) is 35.1 Å². The van der Waals surface area contributed by atoms with E-state index in [1.54, 1.807) is 7.11 Å². The smallest absolute Gasteiger partial charge is 0.363 e. The third-order valence-electron chi connectivity index (χ3n) is 6.14. The van der Waals surface area contributed by atoms with Crippen LogP contribution in [0.5, 0.6) is 0 Å². The number of benzene rings is 1. The highest BCUT2D eigenvalue weighted by atomic mass is 16.5. The van der Waals surface area contributed by atoms with E-state index in [2.05, 4.69) is 15.3 Å². The summed E-state index contributed by atoms with van der Waals surface area (Å²) in [5, 5.41) is 7.95. The SMILES string of the molecule is CCC(=O)N(c1ccccc1)C1(COC)CCN(CC(C)n2nnn(CC)c2=O)CC1. The van der Waals surface area contributed by atoms with Gasteiger partial charge in [-0.15, -0.1) is 0 Å². The number of aryl methyl sites for hydroxylation is 1. The third kappa shape index (κ3) is 4.88. The first-order valence-corrected chi connectivity index (χ1v) is 11.1. The molecule has 1 fully saturated rings. The first kappa shape index (κ1) is 23.1. The molecule has 1 aliphatic heterocycles. The van der Waals surface area contributed by atoms with Crippen molar-refractivity contribution in [2.24, 2.45) is 0 Å². The molecule has 1 aliphatic rings. The summed E-state index contributed by atoms with van der Waals surface area (Å²) in [6, 6.07) is 9.78. The Kier molecular flexibility index (Phi) is 7.61. The van der Waals surface area contributed by atoms with Gasteiger partial charge in [-0.25, -0.2) is 4.79 Å². The average molecular weight is 431 g/mol. The molecule has 0 saturated carbocycles. The molecule has 3 rings (SSSR count). The molecule has 1 aromatic heterocycles. The number of ether oxygens (including phenoxy) is 1. The Bertz CT molecular complexity index is 901. The van der Waals surface area contributed by atoms with Gasteiger partial charge < -0.3 is 14.5 Å². The van der Waals surface area contributed by atoms with Gasteiger partial charge in [-0.05, 0) is 49.2 Å². The van der Waals surface area contributed by atoms with Crippen molar-refractivity contribution in [2.45, 2.75) is 58.2 Å². The minimum absolute atomic E-state index is 0.0785. The first-order valence-electron chi connectivity index (χ1n) is 11.1. The number of rotatable bonds is 9. The van der Waals surface area contributed by atoms with Gasteiger partial charge in [-0.1, -0.05) is 25.1 Å². The third-order valence-corrected chi connectivity index (χ3v) is 6.14. The zero-order valence-electron chi connectivity index (χ0n) is 19.0. The number of tetrazole rings is 1. The van der Waals surface area contributed by atoms with Crippen molar-refractivity contribution in [3.05, 3.63) is 40.8 Å². The minimum Gasteiger partial charge on any atom is -0.382 e. The van der Waals surface area contributed by atoms with Gasteiger partial charge in [0, 0.05) is 45.4 Å². The summed E-state index contributed by atoms with van der Waals surface area (Å²) in [5.41, 5.74) is 0.353. The standard InChI is InChI=1S/C22H34N6O3/c1-5-20(29)27(19-10-8-7-9-11-19)22(17-31-4)12-14-25(15-13-22)16-18(3)28-21(30)26(6-2)23-24-28/h7-11,18H,5-6,12-17H2,1-4H3. The van der Waals surface area contributed by atoms with Crippen LogP contribution in [0.1, 0.15) is 46.1 Å². The van der Waals surface area contributed by atoms with Crippen LogP contribution in [-0.4, -0.2) is 69.5 Å². The summed E-state index contributed by atoms with van der Waals surface area (Å²) in [5.74, 6) is 0.104. The van der Waals surface area contributed by atoms with Gasteiger partial charge in [0.05, 0.1) is 18.2 Å². The molecule has 1 aromatic carbocycles. The van der Waals surface area contributed by atoms with Crippen molar-refractivity contribution >= 4 is 11.6 Å². The van der Waals surface area contributed by atoms with Gasteiger partial charge in [0.1, 0.15) is 0 Å². The van der Waals surface area contributed by atoms with Gasteiger partial charge in [0.25, 0.3) is 0 Å². The molecule has 170 valence electrons. The number of amides is 1. The maximum atomic E-state index is 13.0. The van der Waals surface area contributed by atoms with Crippen molar-refractivity contribution in [1.82, 2.24) is 24.7 Å². The van der Waals surface area contributed by atoms with Crippen LogP contribution in [0.4, 0.5) is 5.69 Å². The molecule has 0 bridgehead atoms. The number of piperidine rings is 1. The second-order valence-corrected chi connectivity index (χ2v) is 8.25. The van der Waals surface area contributed by atoms with Crippen LogP contribution in [0.25, 0.3) is 0 Å². The Balaban J connectivity index is 1.75. The number of carbonyl (C=O) groups is 1. The van der Waals surface area contributed by atoms with Crippen molar-refractivity contribution < 1.29 is 9.53 Å². The molecule has 1 amide bonds. The number of anilines is 1. The molecular formula is C22H34N6O3. The summed E-state index contributed by atoms with van der Waals surface area (Å²) >= 11 is 0. The molecule has 0 radical (unpaired) electrons. The van der Waals surface area contributed by atoms with Gasteiger partial charge in [0.15, 0.2) is 0 Å². The molecule has 2 heterocycles. The van der Waals surface area contributed by atoms with E-state index in [1.165, 1.54) is 9.36 Å². The maximum absolute atomic E-state index is 13.0. The fourth-order valence-electron chi connectivity index (χ4n) is 4.48. The van der Waals surface area contributed by atoms with Gasteiger partial charge in [-0.2, -0.15) is 9.36 Å². The molecule has 0 aliphatic carbocycles. The molecule has 0 spiro atoms. The lowest BCUT2D eigenvalue weighted by Crippen LogP contribution is -2.60. The normalized spacial score (nSPS) is 17.4. The number of methoxy groups -OCH3 is 1. The lowest BCUT2D eigenvalue weighted by atomic mass is 9.85. The molecule has 1 unspecified atom stereocenters. The molecule has 9 nitrogen and oxygen atoms in total. The van der Waals surface area contributed by atoms with Gasteiger partial charge >= 0.3 is 5.69 Å².